The van der Waals surface area contributed by atoms with Crippen LogP contribution in [0.25, 0.3) is 0 Å². The predicted molar refractivity (Wildman–Crippen MR) is 66.3 cm³/mol. The van der Waals surface area contributed by atoms with Gasteiger partial charge in [-0.15, -0.1) is 11.3 Å². The van der Waals surface area contributed by atoms with Crippen molar-refractivity contribution in [1.82, 2.24) is 10.2 Å². The van der Waals surface area contributed by atoms with Gasteiger partial charge in [-0.3, -0.25) is 10.1 Å². The summed E-state index contributed by atoms with van der Waals surface area (Å²) in [6.45, 7) is 4.76. The number of hydrogen-bond acceptors (Lipinski definition) is 3. The van der Waals surface area contributed by atoms with Crippen molar-refractivity contribution in [3.05, 3.63) is 22.4 Å². The summed E-state index contributed by atoms with van der Waals surface area (Å²) in [5, 5.41) is 5.34. The van der Waals surface area contributed by atoms with Crippen molar-refractivity contribution in [1.29, 1.82) is 0 Å². The van der Waals surface area contributed by atoms with Crippen LogP contribution in [0.15, 0.2) is 17.5 Å². The predicted octanol–water partition coefficient (Wildman–Crippen LogP) is 2.37. The van der Waals surface area contributed by atoms with Crippen LogP contribution in [0.2, 0.25) is 0 Å². The Balaban J connectivity index is 2.16. The third-order valence-corrected chi connectivity index (χ3v) is 3.93. The molecule has 88 valence electrons. The third kappa shape index (κ3) is 2.13. The molecule has 1 aromatic heterocycles. The maximum Gasteiger partial charge on any atom is 0.238 e. The highest BCUT2D eigenvalue weighted by atomic mass is 32.1. The van der Waals surface area contributed by atoms with E-state index in [0.717, 1.165) is 12.8 Å². The van der Waals surface area contributed by atoms with Gasteiger partial charge in [0.25, 0.3) is 0 Å². The molecule has 1 aliphatic heterocycles. The van der Waals surface area contributed by atoms with Gasteiger partial charge in [0.05, 0.1) is 6.54 Å². The zero-order valence-corrected chi connectivity index (χ0v) is 10.6. The van der Waals surface area contributed by atoms with Gasteiger partial charge in [-0.2, -0.15) is 0 Å². The summed E-state index contributed by atoms with van der Waals surface area (Å²) in [7, 11) is 0. The Bertz CT molecular complexity index is 350. The number of thiophene rings is 1. The number of carbonyl (C=O) groups excluding carboxylic acids is 1. The number of hydrogen-bond donors (Lipinski definition) is 1. The van der Waals surface area contributed by atoms with Crippen molar-refractivity contribution in [3.63, 3.8) is 0 Å². The van der Waals surface area contributed by atoms with E-state index in [4.69, 9.17) is 0 Å². The Morgan fingerprint density at radius 2 is 2.50 bits per heavy atom. The van der Waals surface area contributed by atoms with Crippen LogP contribution < -0.4 is 5.32 Å². The Morgan fingerprint density at radius 3 is 3.12 bits per heavy atom. The molecule has 1 saturated heterocycles. The SMILES string of the molecule is CCCC(C)N1C(=O)CNC1c1cccs1. The van der Waals surface area contributed by atoms with E-state index >= 15 is 0 Å². The molecule has 1 aliphatic rings. The van der Waals surface area contributed by atoms with Gasteiger partial charge in [0.1, 0.15) is 6.17 Å². The molecule has 2 heterocycles. The van der Waals surface area contributed by atoms with E-state index in [-0.39, 0.29) is 12.1 Å². The average molecular weight is 238 g/mol. The number of carbonyl (C=O) groups is 1. The molecule has 0 aromatic carbocycles. The normalized spacial score (nSPS) is 22.8. The summed E-state index contributed by atoms with van der Waals surface area (Å²) in [5.74, 6) is 0.222. The minimum absolute atomic E-state index is 0.0917. The molecule has 1 aromatic rings. The number of nitrogens with zero attached hydrogens (tertiary/aromatic N) is 1. The molecule has 1 fully saturated rings. The van der Waals surface area contributed by atoms with Crippen molar-refractivity contribution >= 4 is 17.2 Å². The second-order valence-corrected chi connectivity index (χ2v) is 5.22. The topological polar surface area (TPSA) is 32.3 Å². The van der Waals surface area contributed by atoms with Crippen molar-refractivity contribution in [2.75, 3.05) is 6.54 Å². The van der Waals surface area contributed by atoms with E-state index < -0.39 is 0 Å². The van der Waals surface area contributed by atoms with Gasteiger partial charge >= 0.3 is 0 Å². The Morgan fingerprint density at radius 1 is 1.69 bits per heavy atom. The molecule has 0 aliphatic carbocycles. The van der Waals surface area contributed by atoms with Gasteiger partial charge in [-0.05, 0) is 24.8 Å². The maximum absolute atomic E-state index is 11.9. The number of nitrogens with one attached hydrogen (secondary N) is 1. The van der Waals surface area contributed by atoms with Crippen molar-refractivity contribution in [2.45, 2.75) is 38.9 Å². The minimum Gasteiger partial charge on any atom is -0.318 e. The van der Waals surface area contributed by atoms with Crippen LogP contribution in [0.3, 0.4) is 0 Å². The molecular formula is C12H18N2OS. The Labute approximate surface area is 100 Å². The van der Waals surface area contributed by atoms with E-state index in [0.29, 0.717) is 12.6 Å². The molecule has 0 bridgehead atoms. The first-order valence-electron chi connectivity index (χ1n) is 5.82. The van der Waals surface area contributed by atoms with E-state index in [2.05, 4.69) is 30.6 Å². The summed E-state index contributed by atoms with van der Waals surface area (Å²) in [5.41, 5.74) is 0. The number of rotatable bonds is 4. The maximum atomic E-state index is 11.9. The van der Waals surface area contributed by atoms with E-state index in [1.54, 1.807) is 11.3 Å². The van der Waals surface area contributed by atoms with Crippen LogP contribution in [0.1, 0.15) is 37.7 Å². The summed E-state index contributed by atoms with van der Waals surface area (Å²) in [6.07, 6.45) is 2.27. The molecule has 2 rings (SSSR count). The van der Waals surface area contributed by atoms with Crippen LogP contribution in [0, 0.1) is 0 Å². The molecule has 0 radical (unpaired) electrons. The first-order valence-corrected chi connectivity index (χ1v) is 6.70. The minimum atomic E-state index is 0.0917. The molecule has 2 atom stereocenters. The fourth-order valence-corrected chi connectivity index (χ4v) is 3.06. The van der Waals surface area contributed by atoms with Crippen LogP contribution in [0.5, 0.6) is 0 Å². The number of amides is 1. The Kier molecular flexibility index (Phi) is 3.61. The Hall–Kier alpha value is -0.870. The molecule has 1 amide bonds. The summed E-state index contributed by atoms with van der Waals surface area (Å²) >= 11 is 1.71. The monoisotopic (exact) mass is 238 g/mol. The fraction of sp³-hybridized carbons (Fsp3) is 0.583. The lowest BCUT2D eigenvalue weighted by Crippen LogP contribution is -2.37. The van der Waals surface area contributed by atoms with E-state index in [1.165, 1.54) is 4.88 Å². The van der Waals surface area contributed by atoms with Crippen molar-refractivity contribution in [3.8, 4) is 0 Å². The molecule has 0 saturated carbocycles. The van der Waals surface area contributed by atoms with Crippen LogP contribution in [-0.4, -0.2) is 23.4 Å². The highest BCUT2D eigenvalue weighted by Crippen LogP contribution is 2.29. The van der Waals surface area contributed by atoms with E-state index in [9.17, 15) is 4.79 Å². The van der Waals surface area contributed by atoms with Gasteiger partial charge in [-0.1, -0.05) is 19.4 Å². The molecule has 4 heteroatoms. The molecule has 3 nitrogen and oxygen atoms in total. The summed E-state index contributed by atoms with van der Waals surface area (Å²) < 4.78 is 0. The van der Waals surface area contributed by atoms with Crippen LogP contribution in [0.4, 0.5) is 0 Å². The van der Waals surface area contributed by atoms with Crippen LogP contribution in [-0.2, 0) is 4.79 Å². The average Bonchev–Trinajstić information content (AvgIpc) is 2.86. The van der Waals surface area contributed by atoms with E-state index in [1.807, 2.05) is 11.0 Å². The highest BCUT2D eigenvalue weighted by Gasteiger charge is 2.34. The standard InChI is InChI=1S/C12H18N2OS/c1-3-5-9(2)14-11(15)8-13-12(14)10-6-4-7-16-10/h4,6-7,9,12-13H,3,5,8H2,1-2H3. The fourth-order valence-electron chi connectivity index (χ4n) is 2.26. The third-order valence-electron chi connectivity index (χ3n) is 3.01. The summed E-state index contributed by atoms with van der Waals surface area (Å²) in [4.78, 5) is 15.1. The molecule has 0 spiro atoms. The second kappa shape index (κ2) is 4.97. The molecular weight excluding hydrogens is 220 g/mol. The quantitative estimate of drug-likeness (QED) is 0.873. The summed E-state index contributed by atoms with van der Waals surface area (Å²) in [6, 6.07) is 4.44. The van der Waals surface area contributed by atoms with Gasteiger partial charge < -0.3 is 4.90 Å². The zero-order valence-electron chi connectivity index (χ0n) is 9.77. The lowest BCUT2D eigenvalue weighted by Gasteiger charge is -2.29. The van der Waals surface area contributed by atoms with Gasteiger partial charge in [0, 0.05) is 10.9 Å². The van der Waals surface area contributed by atoms with Gasteiger partial charge in [0.2, 0.25) is 5.91 Å². The second-order valence-electron chi connectivity index (χ2n) is 4.24. The first-order chi connectivity index (χ1) is 7.74. The first kappa shape index (κ1) is 11.6. The van der Waals surface area contributed by atoms with Gasteiger partial charge in [0.15, 0.2) is 0 Å². The smallest absolute Gasteiger partial charge is 0.238 e. The molecule has 1 N–H and O–H groups in total. The lowest BCUT2D eigenvalue weighted by atomic mass is 10.1. The zero-order chi connectivity index (χ0) is 11.5. The van der Waals surface area contributed by atoms with Gasteiger partial charge in [-0.25, -0.2) is 0 Å². The van der Waals surface area contributed by atoms with Crippen molar-refractivity contribution < 1.29 is 4.79 Å². The van der Waals surface area contributed by atoms with Crippen LogP contribution >= 0.6 is 11.3 Å². The highest BCUT2D eigenvalue weighted by molar-refractivity contribution is 7.10. The lowest BCUT2D eigenvalue weighted by molar-refractivity contribution is -0.130. The molecule has 2 unspecified atom stereocenters. The molecule has 16 heavy (non-hydrogen) atoms. The largest absolute Gasteiger partial charge is 0.318 e. The van der Waals surface area contributed by atoms with Crippen molar-refractivity contribution in [2.24, 2.45) is 0 Å².